The summed E-state index contributed by atoms with van der Waals surface area (Å²) in [5.74, 6) is 0.743. The molecular weight excluding hydrogens is 282 g/mol. The van der Waals surface area contributed by atoms with Crippen LogP contribution in [0, 0.1) is 0 Å². The van der Waals surface area contributed by atoms with E-state index in [1.165, 1.54) is 0 Å². The zero-order valence-electron chi connectivity index (χ0n) is 10.2. The number of hydrogen-bond acceptors (Lipinski definition) is 3. The fourth-order valence-corrected chi connectivity index (χ4v) is 2.47. The summed E-state index contributed by atoms with van der Waals surface area (Å²) in [6, 6.07) is 3.90. The summed E-state index contributed by atoms with van der Waals surface area (Å²) < 4.78 is 11.8. The Morgan fingerprint density at radius 3 is 2.76 bits per heavy atom. The summed E-state index contributed by atoms with van der Waals surface area (Å²) in [6.07, 6.45) is 2.43. The van der Waals surface area contributed by atoms with Gasteiger partial charge in [-0.2, -0.15) is 0 Å². The van der Waals surface area contributed by atoms with Crippen molar-refractivity contribution >= 4 is 26.9 Å². The topological polar surface area (TPSA) is 48.4 Å². The van der Waals surface area contributed by atoms with E-state index in [0.717, 1.165) is 33.2 Å². The van der Waals surface area contributed by atoms with Gasteiger partial charge in [-0.1, -0.05) is 0 Å². The van der Waals surface area contributed by atoms with Crippen molar-refractivity contribution in [3.63, 3.8) is 0 Å². The van der Waals surface area contributed by atoms with Crippen molar-refractivity contribution in [3.8, 4) is 5.75 Å². The van der Waals surface area contributed by atoms with E-state index in [1.807, 2.05) is 26.0 Å². The predicted molar refractivity (Wildman–Crippen MR) is 72.4 cm³/mol. The van der Waals surface area contributed by atoms with Gasteiger partial charge >= 0.3 is 0 Å². The van der Waals surface area contributed by atoms with Gasteiger partial charge in [-0.25, -0.2) is 0 Å². The number of halogens is 1. The van der Waals surface area contributed by atoms with Gasteiger partial charge in [0.1, 0.15) is 0 Å². The van der Waals surface area contributed by atoms with E-state index in [9.17, 15) is 0 Å². The summed E-state index contributed by atoms with van der Waals surface area (Å²) in [5.41, 5.74) is 7.69. The Labute approximate surface area is 109 Å². The minimum Gasteiger partial charge on any atom is -0.493 e. The molecule has 0 fully saturated rings. The molecule has 1 aromatic heterocycles. The van der Waals surface area contributed by atoms with E-state index >= 15 is 0 Å². The van der Waals surface area contributed by atoms with Crippen LogP contribution in [0.15, 0.2) is 27.3 Å². The minimum atomic E-state index is -0.259. The highest BCUT2D eigenvalue weighted by Crippen LogP contribution is 2.36. The van der Waals surface area contributed by atoms with Gasteiger partial charge in [-0.15, -0.1) is 0 Å². The van der Waals surface area contributed by atoms with Crippen molar-refractivity contribution < 1.29 is 9.15 Å². The Bertz CT molecular complexity index is 540. The molecule has 0 atom stereocenters. The zero-order valence-corrected chi connectivity index (χ0v) is 11.8. The van der Waals surface area contributed by atoms with Gasteiger partial charge < -0.3 is 14.9 Å². The average molecular weight is 298 g/mol. The Kier molecular flexibility index (Phi) is 3.19. The van der Waals surface area contributed by atoms with Crippen LogP contribution in [-0.2, 0) is 6.42 Å². The first-order valence-corrected chi connectivity index (χ1v) is 6.23. The zero-order chi connectivity index (χ0) is 12.6. The lowest BCUT2D eigenvalue weighted by molar-refractivity contribution is 0.409. The summed E-state index contributed by atoms with van der Waals surface area (Å²) in [4.78, 5) is 0. The summed E-state index contributed by atoms with van der Waals surface area (Å²) >= 11 is 3.61. The van der Waals surface area contributed by atoms with Crippen LogP contribution in [0.2, 0.25) is 0 Å². The van der Waals surface area contributed by atoms with Crippen LogP contribution in [0.25, 0.3) is 11.0 Å². The van der Waals surface area contributed by atoms with E-state index in [2.05, 4.69) is 15.9 Å². The van der Waals surface area contributed by atoms with Crippen LogP contribution < -0.4 is 10.5 Å². The molecule has 0 aliphatic heterocycles. The van der Waals surface area contributed by atoms with Crippen molar-refractivity contribution in [1.82, 2.24) is 0 Å². The molecule has 3 nitrogen and oxygen atoms in total. The maximum atomic E-state index is 6.06. The lowest BCUT2D eigenvalue weighted by atomic mass is 9.95. The van der Waals surface area contributed by atoms with Crippen molar-refractivity contribution in [2.75, 3.05) is 7.11 Å². The summed E-state index contributed by atoms with van der Waals surface area (Å²) in [7, 11) is 1.64. The molecule has 0 aliphatic rings. The van der Waals surface area contributed by atoms with E-state index < -0.39 is 0 Å². The number of hydrogen-bond donors (Lipinski definition) is 1. The van der Waals surface area contributed by atoms with Crippen molar-refractivity contribution in [2.45, 2.75) is 25.8 Å². The quantitative estimate of drug-likeness (QED) is 0.943. The van der Waals surface area contributed by atoms with Gasteiger partial charge in [0, 0.05) is 15.4 Å². The highest BCUT2D eigenvalue weighted by atomic mass is 79.9. The molecule has 0 radical (unpaired) electrons. The van der Waals surface area contributed by atoms with Gasteiger partial charge in [0.2, 0.25) is 0 Å². The van der Waals surface area contributed by atoms with Gasteiger partial charge in [0.15, 0.2) is 11.3 Å². The lowest BCUT2D eigenvalue weighted by Gasteiger charge is -2.20. The fourth-order valence-electron chi connectivity index (χ4n) is 1.90. The Balaban J connectivity index is 2.60. The van der Waals surface area contributed by atoms with Crippen LogP contribution in [0.5, 0.6) is 5.75 Å². The average Bonchev–Trinajstić information content (AvgIpc) is 2.69. The largest absolute Gasteiger partial charge is 0.493 e. The minimum absolute atomic E-state index is 0.259. The van der Waals surface area contributed by atoms with E-state index in [-0.39, 0.29) is 5.54 Å². The Morgan fingerprint density at radius 1 is 1.47 bits per heavy atom. The third-order valence-electron chi connectivity index (χ3n) is 2.58. The first-order valence-electron chi connectivity index (χ1n) is 5.44. The molecule has 2 aromatic rings. The standard InChI is InChI=1S/C13H16BrNO2/c1-13(2,15)7-8-6-10(16-3)12-9(11(8)14)4-5-17-12/h4-6H,7,15H2,1-3H3. The summed E-state index contributed by atoms with van der Waals surface area (Å²) in [5, 5.41) is 1.02. The molecular formula is C13H16BrNO2. The van der Waals surface area contributed by atoms with Crippen molar-refractivity contribution in [1.29, 1.82) is 0 Å². The Morgan fingerprint density at radius 2 is 2.18 bits per heavy atom. The lowest BCUT2D eigenvalue weighted by Crippen LogP contribution is -2.34. The van der Waals surface area contributed by atoms with Crippen LogP contribution in [0.3, 0.4) is 0 Å². The molecule has 0 unspecified atom stereocenters. The number of furan rings is 1. The molecule has 0 saturated heterocycles. The maximum absolute atomic E-state index is 6.06. The number of benzene rings is 1. The monoisotopic (exact) mass is 297 g/mol. The predicted octanol–water partition coefficient (Wildman–Crippen LogP) is 3.48. The number of nitrogens with two attached hydrogens (primary N) is 1. The van der Waals surface area contributed by atoms with Crippen molar-refractivity contribution in [2.24, 2.45) is 5.73 Å². The van der Waals surface area contributed by atoms with E-state index in [4.69, 9.17) is 14.9 Å². The van der Waals surface area contributed by atoms with Gasteiger partial charge in [0.25, 0.3) is 0 Å². The molecule has 0 amide bonds. The van der Waals surface area contributed by atoms with Gasteiger partial charge in [0.05, 0.1) is 13.4 Å². The normalized spacial score (nSPS) is 12.1. The number of ether oxygens (including phenoxy) is 1. The Hall–Kier alpha value is -1.00. The van der Waals surface area contributed by atoms with Crippen LogP contribution in [-0.4, -0.2) is 12.6 Å². The number of methoxy groups -OCH3 is 1. The molecule has 0 spiro atoms. The SMILES string of the molecule is COc1cc(CC(C)(C)N)c(Br)c2ccoc12. The molecule has 17 heavy (non-hydrogen) atoms. The molecule has 92 valence electrons. The number of rotatable bonds is 3. The fraction of sp³-hybridized carbons (Fsp3) is 0.385. The third-order valence-corrected chi connectivity index (χ3v) is 3.52. The molecule has 0 bridgehead atoms. The first-order chi connectivity index (χ1) is 7.92. The smallest absolute Gasteiger partial charge is 0.176 e. The first kappa shape index (κ1) is 12.5. The summed E-state index contributed by atoms with van der Waals surface area (Å²) in [6.45, 7) is 4.01. The molecule has 4 heteroatoms. The molecule has 0 saturated carbocycles. The number of fused-ring (bicyclic) bond motifs is 1. The third kappa shape index (κ3) is 2.48. The molecule has 1 heterocycles. The maximum Gasteiger partial charge on any atom is 0.176 e. The molecule has 1 aromatic carbocycles. The molecule has 0 aliphatic carbocycles. The second-order valence-electron chi connectivity index (χ2n) is 4.88. The van der Waals surface area contributed by atoms with Crippen LogP contribution in [0.1, 0.15) is 19.4 Å². The van der Waals surface area contributed by atoms with E-state index in [0.29, 0.717) is 0 Å². The highest BCUT2D eigenvalue weighted by molar-refractivity contribution is 9.10. The second-order valence-corrected chi connectivity index (χ2v) is 5.67. The second kappa shape index (κ2) is 4.35. The van der Waals surface area contributed by atoms with Gasteiger partial charge in [-0.3, -0.25) is 0 Å². The molecule has 2 rings (SSSR count). The van der Waals surface area contributed by atoms with Crippen LogP contribution >= 0.6 is 15.9 Å². The molecule has 2 N–H and O–H groups in total. The van der Waals surface area contributed by atoms with Crippen LogP contribution in [0.4, 0.5) is 0 Å². The van der Waals surface area contributed by atoms with E-state index in [1.54, 1.807) is 13.4 Å². The highest BCUT2D eigenvalue weighted by Gasteiger charge is 2.18. The van der Waals surface area contributed by atoms with Gasteiger partial charge in [-0.05, 0) is 53.9 Å². The van der Waals surface area contributed by atoms with Crippen molar-refractivity contribution in [3.05, 3.63) is 28.4 Å².